The number of primary amides is 1. The molecule has 1 fully saturated rings. The van der Waals surface area contributed by atoms with Gasteiger partial charge in [-0.2, -0.15) is 0 Å². The van der Waals surface area contributed by atoms with E-state index in [2.05, 4.69) is 0 Å². The minimum absolute atomic E-state index is 0.0777. The van der Waals surface area contributed by atoms with Crippen molar-refractivity contribution >= 4 is 12.1 Å². The number of urea groups is 1. The standard InChI is InChI=1S/C11H21N3O3/c1-8-7-13(9(12)15)5-6-14(8)10(16)17-11(2,3)4/h8H,5-7H2,1-4H3,(H2,12,15)/t8-/m1/s1. The molecule has 0 radical (unpaired) electrons. The van der Waals surface area contributed by atoms with Gasteiger partial charge in [-0.25, -0.2) is 9.59 Å². The summed E-state index contributed by atoms with van der Waals surface area (Å²) in [5, 5.41) is 0. The predicted octanol–water partition coefficient (Wildman–Crippen LogP) is 1.01. The fourth-order valence-electron chi connectivity index (χ4n) is 1.75. The molecule has 1 aliphatic heterocycles. The number of piperazine rings is 1. The Morgan fingerprint density at radius 3 is 2.29 bits per heavy atom. The summed E-state index contributed by atoms with van der Waals surface area (Å²) in [5.74, 6) is 0. The highest BCUT2D eigenvalue weighted by Crippen LogP contribution is 2.15. The van der Waals surface area contributed by atoms with Crippen LogP contribution in [-0.4, -0.2) is 53.2 Å². The summed E-state index contributed by atoms with van der Waals surface area (Å²) in [5.41, 5.74) is 4.70. The maximum atomic E-state index is 11.9. The van der Waals surface area contributed by atoms with Crippen LogP contribution in [0.25, 0.3) is 0 Å². The van der Waals surface area contributed by atoms with Gasteiger partial charge < -0.3 is 20.3 Å². The summed E-state index contributed by atoms with van der Waals surface area (Å²) in [6, 6.07) is -0.521. The van der Waals surface area contributed by atoms with E-state index in [1.54, 1.807) is 4.90 Å². The van der Waals surface area contributed by atoms with Gasteiger partial charge in [-0.3, -0.25) is 0 Å². The monoisotopic (exact) mass is 243 g/mol. The van der Waals surface area contributed by atoms with E-state index >= 15 is 0 Å². The largest absolute Gasteiger partial charge is 0.444 e. The lowest BCUT2D eigenvalue weighted by Gasteiger charge is -2.39. The number of carbonyl (C=O) groups excluding carboxylic acids is 2. The summed E-state index contributed by atoms with van der Waals surface area (Å²) in [7, 11) is 0. The van der Waals surface area contributed by atoms with Gasteiger partial charge in [0.2, 0.25) is 0 Å². The van der Waals surface area contributed by atoms with Crippen LogP contribution in [-0.2, 0) is 4.74 Å². The fraction of sp³-hybridized carbons (Fsp3) is 0.818. The van der Waals surface area contributed by atoms with Gasteiger partial charge in [0.1, 0.15) is 5.60 Å². The first kappa shape index (κ1) is 13.6. The summed E-state index contributed by atoms with van der Waals surface area (Å²) in [6.45, 7) is 8.73. The fourth-order valence-corrected chi connectivity index (χ4v) is 1.75. The quantitative estimate of drug-likeness (QED) is 0.689. The maximum absolute atomic E-state index is 11.9. The van der Waals surface area contributed by atoms with Gasteiger partial charge in [-0.05, 0) is 27.7 Å². The van der Waals surface area contributed by atoms with E-state index in [1.165, 1.54) is 4.90 Å². The van der Waals surface area contributed by atoms with Crippen molar-refractivity contribution in [3.63, 3.8) is 0 Å². The van der Waals surface area contributed by atoms with Crippen LogP contribution < -0.4 is 5.73 Å². The number of nitrogens with zero attached hydrogens (tertiary/aromatic N) is 2. The lowest BCUT2D eigenvalue weighted by atomic mass is 10.2. The van der Waals surface area contributed by atoms with Crippen LogP contribution in [0.3, 0.4) is 0 Å². The molecule has 6 heteroatoms. The van der Waals surface area contributed by atoms with Crippen molar-refractivity contribution < 1.29 is 14.3 Å². The Morgan fingerprint density at radius 1 is 1.29 bits per heavy atom. The van der Waals surface area contributed by atoms with Gasteiger partial charge in [-0.1, -0.05) is 0 Å². The number of ether oxygens (including phenoxy) is 1. The van der Waals surface area contributed by atoms with E-state index in [0.717, 1.165) is 0 Å². The molecule has 6 nitrogen and oxygen atoms in total. The van der Waals surface area contributed by atoms with Crippen LogP contribution in [0.4, 0.5) is 9.59 Å². The van der Waals surface area contributed by atoms with E-state index in [4.69, 9.17) is 10.5 Å². The summed E-state index contributed by atoms with van der Waals surface area (Å²) < 4.78 is 5.30. The Morgan fingerprint density at radius 2 is 1.88 bits per heavy atom. The molecule has 0 aromatic heterocycles. The Labute approximate surface area is 102 Å². The number of hydrogen-bond acceptors (Lipinski definition) is 3. The molecule has 0 aliphatic carbocycles. The zero-order chi connectivity index (χ0) is 13.2. The molecule has 3 amide bonds. The van der Waals surface area contributed by atoms with E-state index in [-0.39, 0.29) is 12.1 Å². The average Bonchev–Trinajstić information content (AvgIpc) is 2.14. The lowest BCUT2D eigenvalue weighted by Crippen LogP contribution is -2.57. The van der Waals surface area contributed by atoms with Gasteiger partial charge in [0.05, 0.1) is 0 Å². The number of amides is 3. The Kier molecular flexibility index (Phi) is 3.85. The zero-order valence-corrected chi connectivity index (χ0v) is 10.9. The van der Waals surface area contributed by atoms with Gasteiger partial charge in [-0.15, -0.1) is 0 Å². The molecular weight excluding hydrogens is 222 g/mol. The molecule has 1 atom stereocenters. The molecule has 17 heavy (non-hydrogen) atoms. The Balaban J connectivity index is 2.58. The summed E-state index contributed by atoms with van der Waals surface area (Å²) in [4.78, 5) is 26.1. The third-order valence-corrected chi connectivity index (χ3v) is 2.57. The second-order valence-corrected chi connectivity index (χ2v) is 5.31. The van der Waals surface area contributed by atoms with E-state index in [1.807, 2.05) is 27.7 Å². The SMILES string of the molecule is C[C@@H]1CN(C(N)=O)CCN1C(=O)OC(C)(C)C. The third-order valence-electron chi connectivity index (χ3n) is 2.57. The lowest BCUT2D eigenvalue weighted by molar-refractivity contribution is 0.00570. The molecule has 1 rings (SSSR count). The van der Waals surface area contributed by atoms with Crippen molar-refractivity contribution in [1.29, 1.82) is 0 Å². The van der Waals surface area contributed by atoms with Crippen LogP contribution in [0.1, 0.15) is 27.7 Å². The van der Waals surface area contributed by atoms with Crippen LogP contribution in [0.15, 0.2) is 0 Å². The van der Waals surface area contributed by atoms with Gasteiger partial charge >= 0.3 is 12.1 Å². The topological polar surface area (TPSA) is 75.9 Å². The van der Waals surface area contributed by atoms with Crippen molar-refractivity contribution in [2.24, 2.45) is 5.73 Å². The zero-order valence-electron chi connectivity index (χ0n) is 10.9. The van der Waals surface area contributed by atoms with Crippen molar-refractivity contribution in [3.8, 4) is 0 Å². The molecule has 0 spiro atoms. The maximum Gasteiger partial charge on any atom is 0.410 e. The highest BCUT2D eigenvalue weighted by Gasteiger charge is 2.31. The van der Waals surface area contributed by atoms with Gasteiger partial charge in [0, 0.05) is 25.7 Å². The first-order valence-corrected chi connectivity index (χ1v) is 5.74. The Hall–Kier alpha value is -1.46. The molecular formula is C11H21N3O3. The smallest absolute Gasteiger partial charge is 0.410 e. The first-order valence-electron chi connectivity index (χ1n) is 5.74. The van der Waals surface area contributed by atoms with Crippen LogP contribution in [0.2, 0.25) is 0 Å². The molecule has 0 unspecified atom stereocenters. The predicted molar refractivity (Wildman–Crippen MR) is 63.6 cm³/mol. The summed E-state index contributed by atoms with van der Waals surface area (Å²) >= 11 is 0. The number of rotatable bonds is 0. The number of nitrogens with two attached hydrogens (primary N) is 1. The molecule has 1 aliphatic rings. The van der Waals surface area contributed by atoms with E-state index < -0.39 is 11.6 Å². The second kappa shape index (κ2) is 4.81. The minimum atomic E-state index is -0.502. The van der Waals surface area contributed by atoms with Crippen molar-refractivity contribution in [3.05, 3.63) is 0 Å². The molecule has 0 saturated carbocycles. The van der Waals surface area contributed by atoms with Gasteiger partial charge in [0.25, 0.3) is 0 Å². The van der Waals surface area contributed by atoms with Crippen LogP contribution in [0.5, 0.6) is 0 Å². The second-order valence-electron chi connectivity index (χ2n) is 5.31. The molecule has 2 N–H and O–H groups in total. The van der Waals surface area contributed by atoms with Crippen molar-refractivity contribution in [2.45, 2.75) is 39.3 Å². The normalized spacial score (nSPS) is 21.3. The van der Waals surface area contributed by atoms with Gasteiger partial charge in [0.15, 0.2) is 0 Å². The van der Waals surface area contributed by atoms with Crippen LogP contribution in [0, 0.1) is 0 Å². The number of hydrogen-bond donors (Lipinski definition) is 1. The van der Waals surface area contributed by atoms with E-state index in [0.29, 0.717) is 19.6 Å². The third kappa shape index (κ3) is 3.80. The molecule has 1 saturated heterocycles. The van der Waals surface area contributed by atoms with E-state index in [9.17, 15) is 9.59 Å². The summed E-state index contributed by atoms with van der Waals surface area (Å²) in [6.07, 6.45) is -0.339. The highest BCUT2D eigenvalue weighted by molar-refractivity contribution is 5.73. The molecule has 0 bridgehead atoms. The van der Waals surface area contributed by atoms with Crippen molar-refractivity contribution in [2.75, 3.05) is 19.6 Å². The van der Waals surface area contributed by atoms with Crippen LogP contribution >= 0.6 is 0 Å². The van der Waals surface area contributed by atoms with Crippen molar-refractivity contribution in [1.82, 2.24) is 9.80 Å². The average molecular weight is 243 g/mol. The Bertz CT molecular complexity index is 312. The molecule has 1 heterocycles. The molecule has 0 aromatic rings. The number of carbonyl (C=O) groups is 2. The first-order chi connectivity index (χ1) is 7.70. The molecule has 98 valence electrons. The highest BCUT2D eigenvalue weighted by atomic mass is 16.6. The minimum Gasteiger partial charge on any atom is -0.444 e. The molecule has 0 aromatic carbocycles.